The zero-order valence-corrected chi connectivity index (χ0v) is 9.54. The second kappa shape index (κ2) is 11.7. The maximum absolute atomic E-state index is 8.00. The van der Waals surface area contributed by atoms with Crippen molar-refractivity contribution in [3.05, 3.63) is 35.6 Å². The van der Waals surface area contributed by atoms with E-state index in [0.29, 0.717) is 6.61 Å². The van der Waals surface area contributed by atoms with Crippen LogP contribution in [0.3, 0.4) is 0 Å². The van der Waals surface area contributed by atoms with Gasteiger partial charge in [-0.25, -0.2) is 0 Å². The van der Waals surface area contributed by atoms with Gasteiger partial charge in [0.1, 0.15) is 19.2 Å². The lowest BCUT2D eigenvalue weighted by Gasteiger charge is -2.13. The molecule has 0 saturated carbocycles. The molecule has 0 radical (unpaired) electrons. The second-order valence-corrected chi connectivity index (χ2v) is 2.11. The highest BCUT2D eigenvalue weighted by Crippen LogP contribution is 2.16. The van der Waals surface area contributed by atoms with Crippen LogP contribution in [0.1, 0.15) is 27.7 Å². The maximum atomic E-state index is 8.00. The first-order valence-electron chi connectivity index (χ1n) is 4.79. The lowest BCUT2D eigenvalue weighted by atomic mass is 10.1. The normalized spacial score (nSPS) is 18.9. The van der Waals surface area contributed by atoms with Gasteiger partial charge >= 0.3 is 0 Å². The molecule has 1 rings (SSSR count). The highest BCUT2D eigenvalue weighted by molar-refractivity contribution is 5.37. The first-order valence-corrected chi connectivity index (χ1v) is 4.79. The molecule has 2 heteroatoms. The van der Waals surface area contributed by atoms with Gasteiger partial charge in [0.05, 0.1) is 0 Å². The Kier molecular flexibility index (Phi) is 12.7. The van der Waals surface area contributed by atoms with E-state index in [2.05, 4.69) is 6.08 Å². The Hall–Kier alpha value is -1.31. The predicted octanol–water partition coefficient (Wildman–Crippen LogP) is 3.26. The molecule has 0 fully saturated rings. The van der Waals surface area contributed by atoms with Gasteiger partial charge in [-0.3, -0.25) is 0 Å². The van der Waals surface area contributed by atoms with Crippen LogP contribution in [-0.2, 0) is 9.53 Å². The van der Waals surface area contributed by atoms with Gasteiger partial charge in [-0.05, 0) is 26.0 Å². The molecule has 0 bridgehead atoms. The molecule has 0 spiro atoms. The fraction of sp³-hybridized carbons (Fsp3) is 0.417. The van der Waals surface area contributed by atoms with E-state index in [4.69, 9.17) is 9.53 Å². The lowest BCUT2D eigenvalue weighted by Crippen LogP contribution is -1.99. The van der Waals surface area contributed by atoms with Crippen molar-refractivity contribution >= 4 is 6.79 Å². The van der Waals surface area contributed by atoms with Crippen molar-refractivity contribution in [2.24, 2.45) is 0 Å². The van der Waals surface area contributed by atoms with Crippen LogP contribution in [0.4, 0.5) is 0 Å². The maximum Gasteiger partial charge on any atom is 0.122 e. The summed E-state index contributed by atoms with van der Waals surface area (Å²) >= 11 is 0. The summed E-state index contributed by atoms with van der Waals surface area (Å²) in [6.45, 7) is 10.7. The van der Waals surface area contributed by atoms with Gasteiger partial charge in [0.15, 0.2) is 0 Å². The summed E-state index contributed by atoms with van der Waals surface area (Å²) in [6.07, 6.45) is 8.13. The highest BCUT2D eigenvalue weighted by atomic mass is 16.5. The minimum Gasteiger partial charge on any atom is -0.489 e. The van der Waals surface area contributed by atoms with E-state index in [0.717, 1.165) is 5.76 Å². The standard InChI is InChI=1S/C9H12O.C2H6.CH2O/c1-3-8-6-5-7-10-9(8)4-2;2*1-2/h3-6H,7H2,1-2H3;1-2H3;1H2/b8-3-,9-4+;;. The summed E-state index contributed by atoms with van der Waals surface area (Å²) in [5.41, 5.74) is 1.17. The average molecular weight is 196 g/mol. The average Bonchev–Trinajstić information content (AvgIpc) is 2.34. The molecule has 14 heavy (non-hydrogen) atoms. The molecule has 2 nitrogen and oxygen atoms in total. The molecule has 0 aromatic carbocycles. The summed E-state index contributed by atoms with van der Waals surface area (Å²) in [5, 5.41) is 0. The summed E-state index contributed by atoms with van der Waals surface area (Å²) in [6, 6.07) is 0. The van der Waals surface area contributed by atoms with Gasteiger partial charge in [-0.1, -0.05) is 26.0 Å². The Morgan fingerprint density at radius 3 is 2.21 bits per heavy atom. The summed E-state index contributed by atoms with van der Waals surface area (Å²) in [5.74, 6) is 0.991. The molecule has 0 saturated heterocycles. The Morgan fingerprint density at radius 1 is 1.29 bits per heavy atom. The van der Waals surface area contributed by atoms with Crippen molar-refractivity contribution in [1.29, 1.82) is 0 Å². The van der Waals surface area contributed by atoms with Crippen LogP contribution in [0.25, 0.3) is 0 Å². The fourth-order valence-corrected chi connectivity index (χ4v) is 0.967. The van der Waals surface area contributed by atoms with E-state index in [9.17, 15) is 0 Å². The van der Waals surface area contributed by atoms with Crippen LogP contribution in [0.2, 0.25) is 0 Å². The van der Waals surface area contributed by atoms with E-state index in [-0.39, 0.29) is 0 Å². The van der Waals surface area contributed by atoms with Crippen molar-refractivity contribution in [3.63, 3.8) is 0 Å². The van der Waals surface area contributed by atoms with Gasteiger partial charge < -0.3 is 9.53 Å². The van der Waals surface area contributed by atoms with Crippen LogP contribution in [0, 0.1) is 0 Å². The number of carbonyl (C=O) groups excluding carboxylic acids is 1. The third kappa shape index (κ3) is 5.36. The Bertz CT molecular complexity index is 212. The summed E-state index contributed by atoms with van der Waals surface area (Å²) < 4.78 is 5.34. The van der Waals surface area contributed by atoms with Gasteiger partial charge in [0, 0.05) is 5.57 Å². The molecule has 1 aliphatic rings. The molecule has 0 aliphatic carbocycles. The van der Waals surface area contributed by atoms with E-state index in [1.165, 1.54) is 5.57 Å². The molecule has 1 aliphatic heterocycles. The minimum absolute atomic E-state index is 0.705. The zero-order chi connectivity index (χ0) is 11.4. The van der Waals surface area contributed by atoms with Crippen LogP contribution in [0.15, 0.2) is 35.6 Å². The topological polar surface area (TPSA) is 26.3 Å². The smallest absolute Gasteiger partial charge is 0.122 e. The molecule has 1 heterocycles. The fourth-order valence-electron chi connectivity index (χ4n) is 0.967. The molecule has 0 unspecified atom stereocenters. The molecular weight excluding hydrogens is 176 g/mol. The zero-order valence-electron chi connectivity index (χ0n) is 9.54. The first-order chi connectivity index (χ1) is 6.88. The summed E-state index contributed by atoms with van der Waals surface area (Å²) in [7, 11) is 0. The van der Waals surface area contributed by atoms with Crippen molar-refractivity contribution in [2.75, 3.05) is 6.61 Å². The molecule has 0 N–H and O–H groups in total. The molecule has 0 atom stereocenters. The number of allylic oxidation sites excluding steroid dienone is 3. The number of rotatable bonds is 0. The highest BCUT2D eigenvalue weighted by Gasteiger charge is 2.03. The van der Waals surface area contributed by atoms with Gasteiger partial charge in [-0.2, -0.15) is 0 Å². The van der Waals surface area contributed by atoms with Crippen molar-refractivity contribution in [2.45, 2.75) is 27.7 Å². The van der Waals surface area contributed by atoms with E-state index in [1.807, 2.05) is 52.7 Å². The molecule has 0 aromatic rings. The van der Waals surface area contributed by atoms with E-state index >= 15 is 0 Å². The summed E-state index contributed by atoms with van der Waals surface area (Å²) in [4.78, 5) is 8.00. The minimum atomic E-state index is 0.705. The Balaban J connectivity index is 0. The third-order valence-electron chi connectivity index (χ3n) is 1.49. The molecule has 80 valence electrons. The monoisotopic (exact) mass is 196 g/mol. The van der Waals surface area contributed by atoms with E-state index in [1.54, 1.807) is 0 Å². The quantitative estimate of drug-likeness (QED) is 0.594. The van der Waals surface area contributed by atoms with Crippen LogP contribution >= 0.6 is 0 Å². The number of ether oxygens (including phenoxy) is 1. The van der Waals surface area contributed by atoms with Crippen LogP contribution < -0.4 is 0 Å². The molecule has 0 aromatic heterocycles. The van der Waals surface area contributed by atoms with Crippen molar-refractivity contribution in [1.82, 2.24) is 0 Å². The second-order valence-electron chi connectivity index (χ2n) is 2.11. The largest absolute Gasteiger partial charge is 0.489 e. The first kappa shape index (κ1) is 15.2. The predicted molar refractivity (Wildman–Crippen MR) is 61.1 cm³/mol. The lowest BCUT2D eigenvalue weighted by molar-refractivity contribution is -0.0979. The number of hydrogen-bond acceptors (Lipinski definition) is 2. The molecular formula is C12H20O2. The van der Waals surface area contributed by atoms with Gasteiger partial charge in [0.2, 0.25) is 0 Å². The van der Waals surface area contributed by atoms with Crippen LogP contribution in [-0.4, -0.2) is 13.4 Å². The number of hydrogen-bond donors (Lipinski definition) is 0. The van der Waals surface area contributed by atoms with Crippen molar-refractivity contribution < 1.29 is 9.53 Å². The SMILES string of the molecule is C/C=C1/C=CCO/C1=C/C.C=O.CC. The third-order valence-corrected chi connectivity index (χ3v) is 1.49. The Labute approximate surface area is 87.0 Å². The van der Waals surface area contributed by atoms with Gasteiger partial charge in [0.25, 0.3) is 0 Å². The number of carbonyl (C=O) groups is 1. The Morgan fingerprint density at radius 2 is 1.86 bits per heavy atom. The van der Waals surface area contributed by atoms with Gasteiger partial charge in [-0.15, -0.1) is 0 Å². The van der Waals surface area contributed by atoms with E-state index < -0.39 is 0 Å². The molecule has 0 amide bonds. The van der Waals surface area contributed by atoms with Crippen molar-refractivity contribution in [3.8, 4) is 0 Å². The van der Waals surface area contributed by atoms with Crippen LogP contribution in [0.5, 0.6) is 0 Å².